The van der Waals surface area contributed by atoms with Gasteiger partial charge in [0.15, 0.2) is 0 Å². The molecule has 0 radical (unpaired) electrons. The summed E-state index contributed by atoms with van der Waals surface area (Å²) < 4.78 is 0. The van der Waals surface area contributed by atoms with Crippen molar-refractivity contribution in [3.05, 3.63) is 40.1 Å². The van der Waals surface area contributed by atoms with Crippen molar-refractivity contribution in [2.45, 2.75) is 25.8 Å². The Bertz CT molecular complexity index is 767. The van der Waals surface area contributed by atoms with Crippen molar-refractivity contribution in [1.29, 1.82) is 0 Å². The average Bonchev–Trinajstić information content (AvgIpc) is 2.90. The zero-order chi connectivity index (χ0) is 16.5. The number of nitrogens with zero attached hydrogens (tertiary/aromatic N) is 1. The predicted octanol–water partition coefficient (Wildman–Crippen LogP) is 2.06. The highest BCUT2D eigenvalue weighted by Gasteiger charge is 2.33. The molecule has 22 heavy (non-hydrogen) atoms. The van der Waals surface area contributed by atoms with Gasteiger partial charge in [0.2, 0.25) is 0 Å². The fraction of sp³-hybridized carbons (Fsp3) is 0.286. The smallest absolute Gasteiger partial charge is 0.329 e. The van der Waals surface area contributed by atoms with Crippen molar-refractivity contribution >= 4 is 28.5 Å². The van der Waals surface area contributed by atoms with E-state index in [0.29, 0.717) is 5.39 Å². The van der Waals surface area contributed by atoms with Gasteiger partial charge in [-0.2, -0.15) is 0 Å². The number of H-pyrrole nitrogens is 1. The summed E-state index contributed by atoms with van der Waals surface area (Å²) in [6.07, 6.45) is 0.203. The summed E-state index contributed by atoms with van der Waals surface area (Å²) in [7, 11) is 0. The minimum atomic E-state index is -1.40. The summed E-state index contributed by atoms with van der Waals surface area (Å²) >= 11 is 0. The molecule has 0 bridgehead atoms. The predicted molar refractivity (Wildman–Crippen MR) is 78.8 cm³/mol. The average molecular weight is 305 g/mol. The minimum absolute atomic E-state index is 0.0743. The van der Waals surface area contributed by atoms with Gasteiger partial charge in [-0.05, 0) is 19.4 Å². The number of rotatable bonds is 5. The van der Waals surface area contributed by atoms with Gasteiger partial charge in [-0.3, -0.25) is 14.9 Å². The number of nitro groups is 1. The van der Waals surface area contributed by atoms with E-state index >= 15 is 0 Å². The normalized spacial score (nSPS) is 13.5. The molecule has 0 aliphatic heterocycles. The third-order valence-corrected chi connectivity index (χ3v) is 3.64. The lowest BCUT2D eigenvalue weighted by Crippen LogP contribution is -2.51. The van der Waals surface area contributed by atoms with Gasteiger partial charge >= 0.3 is 5.97 Å². The number of hydrogen-bond acceptors (Lipinski definition) is 4. The quantitative estimate of drug-likeness (QED) is 0.576. The Kier molecular flexibility index (Phi) is 3.85. The summed E-state index contributed by atoms with van der Waals surface area (Å²) in [5, 5.41) is 23.1. The maximum Gasteiger partial charge on any atom is 0.329 e. The monoisotopic (exact) mass is 305 g/mol. The van der Waals surface area contributed by atoms with E-state index in [1.807, 2.05) is 0 Å². The molecule has 1 atom stereocenters. The molecule has 8 nitrogen and oxygen atoms in total. The molecular weight excluding hydrogens is 290 g/mol. The van der Waals surface area contributed by atoms with E-state index in [-0.39, 0.29) is 23.3 Å². The van der Waals surface area contributed by atoms with E-state index in [0.717, 1.165) is 0 Å². The maximum atomic E-state index is 12.2. The number of non-ortho nitro benzene ring substituents is 1. The molecule has 1 aromatic heterocycles. The Morgan fingerprint density at radius 1 is 1.45 bits per heavy atom. The largest absolute Gasteiger partial charge is 0.480 e. The lowest BCUT2D eigenvalue weighted by Gasteiger charge is -2.24. The van der Waals surface area contributed by atoms with E-state index in [4.69, 9.17) is 0 Å². The molecule has 1 aromatic carbocycles. The molecule has 1 heterocycles. The fourth-order valence-corrected chi connectivity index (χ4v) is 2.03. The summed E-state index contributed by atoms with van der Waals surface area (Å²) in [5.74, 6) is -1.78. The second-order valence-electron chi connectivity index (χ2n) is 5.13. The molecule has 2 aromatic rings. The van der Waals surface area contributed by atoms with Crippen LogP contribution in [0, 0.1) is 10.1 Å². The van der Waals surface area contributed by atoms with E-state index in [1.54, 1.807) is 13.0 Å². The van der Waals surface area contributed by atoms with Crippen LogP contribution < -0.4 is 5.32 Å². The van der Waals surface area contributed by atoms with E-state index < -0.39 is 22.3 Å². The molecule has 0 aliphatic rings. The number of benzene rings is 1. The van der Waals surface area contributed by atoms with Gasteiger partial charge in [0.25, 0.3) is 11.6 Å². The highest BCUT2D eigenvalue weighted by Crippen LogP contribution is 2.25. The number of carboxylic acids is 1. The molecule has 0 spiro atoms. The Hall–Kier alpha value is -2.90. The molecule has 0 aliphatic carbocycles. The van der Waals surface area contributed by atoms with Gasteiger partial charge in [0.1, 0.15) is 16.7 Å². The number of amides is 1. The number of aromatic amines is 1. The number of nitro benzene ring substituents is 1. The Morgan fingerprint density at radius 2 is 2.14 bits per heavy atom. The SMILES string of the molecule is CCC(C)(NC(=O)c1cc2cccc([N+](=O)[O-])c2[nH]1)C(=O)O. The van der Waals surface area contributed by atoms with Crippen molar-refractivity contribution in [1.82, 2.24) is 10.3 Å². The Morgan fingerprint density at radius 3 is 2.68 bits per heavy atom. The molecule has 0 fully saturated rings. The molecule has 0 saturated heterocycles. The van der Waals surface area contributed by atoms with Gasteiger partial charge < -0.3 is 15.4 Å². The first-order chi connectivity index (χ1) is 10.3. The summed E-state index contributed by atoms with van der Waals surface area (Å²) in [6.45, 7) is 3.04. The van der Waals surface area contributed by atoms with Crippen LogP contribution in [-0.2, 0) is 4.79 Å². The number of carbonyl (C=O) groups excluding carboxylic acids is 1. The maximum absolute atomic E-state index is 12.2. The first kappa shape index (κ1) is 15.5. The third-order valence-electron chi connectivity index (χ3n) is 3.64. The van der Waals surface area contributed by atoms with Crippen molar-refractivity contribution in [3.8, 4) is 0 Å². The standard InChI is InChI=1S/C14H15N3O5/c1-3-14(2,13(19)20)16-12(18)9-7-8-5-4-6-10(17(21)22)11(8)15-9/h4-7,15H,3H2,1-2H3,(H,16,18)(H,19,20). The van der Waals surface area contributed by atoms with Crippen molar-refractivity contribution < 1.29 is 19.6 Å². The van der Waals surface area contributed by atoms with Crippen LogP contribution in [0.2, 0.25) is 0 Å². The van der Waals surface area contributed by atoms with Crippen LogP contribution in [0.4, 0.5) is 5.69 Å². The number of carbonyl (C=O) groups is 2. The molecule has 8 heteroatoms. The zero-order valence-corrected chi connectivity index (χ0v) is 12.0. The number of para-hydroxylation sites is 1. The van der Waals surface area contributed by atoms with E-state index in [2.05, 4.69) is 10.3 Å². The third kappa shape index (κ3) is 2.62. The van der Waals surface area contributed by atoms with Crippen LogP contribution >= 0.6 is 0 Å². The van der Waals surface area contributed by atoms with E-state index in [1.165, 1.54) is 25.1 Å². The van der Waals surface area contributed by atoms with Crippen LogP contribution in [0.3, 0.4) is 0 Å². The Labute approximate surface area is 125 Å². The van der Waals surface area contributed by atoms with Crippen molar-refractivity contribution in [2.75, 3.05) is 0 Å². The van der Waals surface area contributed by atoms with Crippen LogP contribution in [0.5, 0.6) is 0 Å². The molecule has 1 unspecified atom stereocenters. The lowest BCUT2D eigenvalue weighted by atomic mass is 9.99. The summed E-state index contributed by atoms with van der Waals surface area (Å²) in [6, 6.07) is 5.93. The second-order valence-corrected chi connectivity index (χ2v) is 5.13. The molecule has 116 valence electrons. The van der Waals surface area contributed by atoms with Crippen LogP contribution in [-0.4, -0.2) is 32.4 Å². The number of hydrogen-bond donors (Lipinski definition) is 3. The van der Waals surface area contributed by atoms with Gasteiger partial charge in [-0.25, -0.2) is 4.79 Å². The lowest BCUT2D eigenvalue weighted by molar-refractivity contribution is -0.383. The minimum Gasteiger partial charge on any atom is -0.480 e. The molecule has 3 N–H and O–H groups in total. The number of nitrogens with one attached hydrogen (secondary N) is 2. The summed E-state index contributed by atoms with van der Waals surface area (Å²) in [5.41, 5.74) is -1.25. The first-order valence-corrected chi connectivity index (χ1v) is 6.60. The van der Waals surface area contributed by atoms with Crippen molar-refractivity contribution in [3.63, 3.8) is 0 Å². The van der Waals surface area contributed by atoms with E-state index in [9.17, 15) is 24.8 Å². The molecule has 0 saturated carbocycles. The molecule has 1 amide bonds. The molecular formula is C14H15N3O5. The Balaban J connectivity index is 2.39. The highest BCUT2D eigenvalue weighted by molar-refractivity contribution is 6.01. The van der Waals surface area contributed by atoms with Gasteiger partial charge in [-0.15, -0.1) is 0 Å². The van der Waals surface area contributed by atoms with Crippen LogP contribution in [0.15, 0.2) is 24.3 Å². The number of fused-ring (bicyclic) bond motifs is 1. The zero-order valence-electron chi connectivity index (χ0n) is 12.0. The fourth-order valence-electron chi connectivity index (χ4n) is 2.03. The van der Waals surface area contributed by atoms with Crippen molar-refractivity contribution in [2.24, 2.45) is 0 Å². The van der Waals surface area contributed by atoms with Crippen LogP contribution in [0.1, 0.15) is 30.8 Å². The van der Waals surface area contributed by atoms with Gasteiger partial charge in [-0.1, -0.05) is 19.1 Å². The summed E-state index contributed by atoms with van der Waals surface area (Å²) in [4.78, 5) is 36.5. The highest BCUT2D eigenvalue weighted by atomic mass is 16.6. The number of aliphatic carboxylic acids is 1. The first-order valence-electron chi connectivity index (χ1n) is 6.60. The van der Waals surface area contributed by atoms with Crippen LogP contribution in [0.25, 0.3) is 10.9 Å². The number of aromatic nitrogens is 1. The van der Waals surface area contributed by atoms with Gasteiger partial charge in [0, 0.05) is 11.5 Å². The second kappa shape index (κ2) is 5.47. The van der Waals surface area contributed by atoms with Gasteiger partial charge in [0.05, 0.1) is 4.92 Å². The molecule has 2 rings (SSSR count). The topological polar surface area (TPSA) is 125 Å². The number of carboxylic acid groups (broad SMARTS) is 1.